The van der Waals surface area contributed by atoms with Crippen LogP contribution in [0, 0.1) is 0 Å². The van der Waals surface area contributed by atoms with Crippen LogP contribution in [0.15, 0.2) is 0 Å². The monoisotopic (exact) mass is 191 g/mol. The molecule has 74 valence electrons. The topological polar surface area (TPSA) is 21.3 Å². The molecule has 12 heavy (non-hydrogen) atoms. The highest BCUT2D eigenvalue weighted by molar-refractivity contribution is 7.99. The van der Waals surface area contributed by atoms with Gasteiger partial charge in [0.05, 0.1) is 6.61 Å². The predicted octanol–water partition coefficient (Wildman–Crippen LogP) is 1.76. The first-order valence-electron chi connectivity index (χ1n) is 4.69. The highest BCUT2D eigenvalue weighted by Crippen LogP contribution is 2.02. The number of thioether (sulfide) groups is 1. The Morgan fingerprint density at radius 3 is 2.75 bits per heavy atom. The van der Waals surface area contributed by atoms with Crippen molar-refractivity contribution in [2.24, 2.45) is 0 Å². The van der Waals surface area contributed by atoms with E-state index in [1.807, 2.05) is 11.8 Å². The number of nitrogens with one attached hydrogen (secondary N) is 1. The van der Waals surface area contributed by atoms with Crippen molar-refractivity contribution in [3.8, 4) is 0 Å². The molecule has 0 radical (unpaired) electrons. The van der Waals surface area contributed by atoms with Crippen LogP contribution in [0.4, 0.5) is 0 Å². The second-order valence-corrected chi connectivity index (χ2v) is 4.04. The third-order valence-electron chi connectivity index (χ3n) is 1.58. The summed E-state index contributed by atoms with van der Waals surface area (Å²) in [6.07, 6.45) is 2.62. The zero-order chi connectivity index (χ0) is 9.07. The Balaban J connectivity index is 2.73. The molecule has 0 bridgehead atoms. The van der Waals surface area contributed by atoms with Crippen molar-refractivity contribution in [1.82, 2.24) is 5.32 Å². The van der Waals surface area contributed by atoms with Gasteiger partial charge < -0.3 is 10.1 Å². The van der Waals surface area contributed by atoms with Crippen LogP contribution in [0.5, 0.6) is 0 Å². The molecule has 0 aromatic rings. The molecule has 0 rings (SSSR count). The van der Waals surface area contributed by atoms with E-state index in [9.17, 15) is 0 Å². The molecule has 0 aromatic carbocycles. The van der Waals surface area contributed by atoms with E-state index in [-0.39, 0.29) is 0 Å². The molecular weight excluding hydrogens is 170 g/mol. The fourth-order valence-corrected chi connectivity index (χ4v) is 1.59. The third kappa shape index (κ3) is 10.3. The van der Waals surface area contributed by atoms with Gasteiger partial charge in [0.1, 0.15) is 0 Å². The molecule has 0 spiro atoms. The zero-order valence-corrected chi connectivity index (χ0v) is 9.08. The summed E-state index contributed by atoms with van der Waals surface area (Å²) in [7, 11) is 1.74. The zero-order valence-electron chi connectivity index (χ0n) is 8.27. The van der Waals surface area contributed by atoms with Crippen molar-refractivity contribution in [3.63, 3.8) is 0 Å². The summed E-state index contributed by atoms with van der Waals surface area (Å²) in [5.41, 5.74) is 0. The van der Waals surface area contributed by atoms with E-state index in [1.54, 1.807) is 7.11 Å². The smallest absolute Gasteiger partial charge is 0.0587 e. The fourth-order valence-electron chi connectivity index (χ4n) is 0.898. The molecule has 0 heterocycles. The maximum absolute atomic E-state index is 4.92. The molecule has 2 nitrogen and oxygen atoms in total. The molecule has 0 aliphatic heterocycles. The summed E-state index contributed by atoms with van der Waals surface area (Å²) >= 11 is 2.02. The molecule has 0 unspecified atom stereocenters. The number of hydrogen-bond donors (Lipinski definition) is 1. The number of hydrogen-bond acceptors (Lipinski definition) is 3. The minimum absolute atomic E-state index is 0.823. The van der Waals surface area contributed by atoms with Crippen LogP contribution in [0.3, 0.4) is 0 Å². The van der Waals surface area contributed by atoms with E-state index in [0.717, 1.165) is 19.7 Å². The Morgan fingerprint density at radius 2 is 2.08 bits per heavy atom. The molecule has 0 fully saturated rings. The van der Waals surface area contributed by atoms with Gasteiger partial charge >= 0.3 is 0 Å². The Hall–Kier alpha value is 0.270. The molecule has 0 amide bonds. The standard InChI is InChI=1S/C9H21NOS/c1-3-12-9-5-4-6-10-7-8-11-2/h10H,3-9H2,1-2H3. The van der Waals surface area contributed by atoms with Gasteiger partial charge in [0.25, 0.3) is 0 Å². The van der Waals surface area contributed by atoms with Gasteiger partial charge in [0, 0.05) is 13.7 Å². The summed E-state index contributed by atoms with van der Waals surface area (Å²) < 4.78 is 4.92. The lowest BCUT2D eigenvalue weighted by molar-refractivity contribution is 0.199. The summed E-state index contributed by atoms with van der Waals surface area (Å²) in [5.74, 6) is 2.56. The molecular formula is C9H21NOS. The lowest BCUT2D eigenvalue weighted by Crippen LogP contribution is -2.20. The number of ether oxygens (including phenoxy) is 1. The van der Waals surface area contributed by atoms with Crippen LogP contribution in [-0.2, 0) is 4.74 Å². The van der Waals surface area contributed by atoms with Crippen molar-refractivity contribution in [2.75, 3.05) is 38.3 Å². The average Bonchev–Trinajstić information content (AvgIpc) is 2.10. The van der Waals surface area contributed by atoms with Crippen molar-refractivity contribution in [3.05, 3.63) is 0 Å². The fraction of sp³-hybridized carbons (Fsp3) is 1.00. The molecule has 3 heteroatoms. The van der Waals surface area contributed by atoms with Crippen LogP contribution in [-0.4, -0.2) is 38.3 Å². The van der Waals surface area contributed by atoms with E-state index in [2.05, 4.69) is 12.2 Å². The van der Waals surface area contributed by atoms with Crippen LogP contribution in [0.1, 0.15) is 19.8 Å². The Bertz CT molecular complexity index is 70.9. The van der Waals surface area contributed by atoms with Gasteiger partial charge in [-0.15, -0.1) is 0 Å². The summed E-state index contributed by atoms with van der Waals surface area (Å²) in [6.45, 7) is 5.15. The molecule has 0 saturated carbocycles. The summed E-state index contributed by atoms with van der Waals surface area (Å²) in [4.78, 5) is 0. The van der Waals surface area contributed by atoms with Gasteiger partial charge in [-0.3, -0.25) is 0 Å². The minimum atomic E-state index is 0.823. The predicted molar refractivity (Wildman–Crippen MR) is 57.0 cm³/mol. The Labute approximate surface area is 80.4 Å². The van der Waals surface area contributed by atoms with Gasteiger partial charge in [0.15, 0.2) is 0 Å². The van der Waals surface area contributed by atoms with E-state index in [4.69, 9.17) is 4.74 Å². The largest absolute Gasteiger partial charge is 0.383 e. The lowest BCUT2D eigenvalue weighted by Gasteiger charge is -2.02. The maximum atomic E-state index is 4.92. The molecule has 1 N–H and O–H groups in total. The van der Waals surface area contributed by atoms with Crippen molar-refractivity contribution >= 4 is 11.8 Å². The van der Waals surface area contributed by atoms with E-state index in [1.165, 1.54) is 24.3 Å². The Kier molecular flexibility index (Phi) is 11.5. The van der Waals surface area contributed by atoms with Crippen LogP contribution in [0.2, 0.25) is 0 Å². The highest BCUT2D eigenvalue weighted by atomic mass is 32.2. The Morgan fingerprint density at radius 1 is 1.25 bits per heavy atom. The van der Waals surface area contributed by atoms with Crippen LogP contribution in [0.25, 0.3) is 0 Å². The number of rotatable bonds is 9. The number of methoxy groups -OCH3 is 1. The SMILES string of the molecule is CCSCCCCNCCOC. The second kappa shape index (κ2) is 11.3. The molecule has 0 atom stereocenters. The highest BCUT2D eigenvalue weighted by Gasteiger charge is 1.88. The number of unbranched alkanes of at least 4 members (excludes halogenated alkanes) is 1. The molecule has 0 aliphatic rings. The van der Waals surface area contributed by atoms with Gasteiger partial charge in [0.2, 0.25) is 0 Å². The minimum Gasteiger partial charge on any atom is -0.383 e. The van der Waals surface area contributed by atoms with Crippen molar-refractivity contribution < 1.29 is 4.74 Å². The normalized spacial score (nSPS) is 10.5. The summed E-state index contributed by atoms with van der Waals surface area (Å²) in [5, 5.41) is 3.33. The summed E-state index contributed by atoms with van der Waals surface area (Å²) in [6, 6.07) is 0. The van der Waals surface area contributed by atoms with Gasteiger partial charge in [-0.05, 0) is 30.9 Å². The third-order valence-corrected chi connectivity index (χ3v) is 2.56. The van der Waals surface area contributed by atoms with E-state index in [0.29, 0.717) is 0 Å². The molecule has 0 saturated heterocycles. The first kappa shape index (κ1) is 12.3. The molecule has 0 aliphatic carbocycles. The van der Waals surface area contributed by atoms with Gasteiger partial charge in [-0.25, -0.2) is 0 Å². The lowest BCUT2D eigenvalue weighted by atomic mass is 10.3. The second-order valence-electron chi connectivity index (χ2n) is 2.65. The maximum Gasteiger partial charge on any atom is 0.0587 e. The average molecular weight is 191 g/mol. The van der Waals surface area contributed by atoms with Crippen molar-refractivity contribution in [2.45, 2.75) is 19.8 Å². The van der Waals surface area contributed by atoms with E-state index < -0.39 is 0 Å². The van der Waals surface area contributed by atoms with Gasteiger partial charge in [-0.1, -0.05) is 6.92 Å². The van der Waals surface area contributed by atoms with Gasteiger partial charge in [-0.2, -0.15) is 11.8 Å². The first-order chi connectivity index (χ1) is 5.91. The van der Waals surface area contributed by atoms with Crippen LogP contribution >= 0.6 is 11.8 Å². The van der Waals surface area contributed by atoms with Crippen LogP contribution < -0.4 is 5.32 Å². The quantitative estimate of drug-likeness (QED) is 0.561. The first-order valence-corrected chi connectivity index (χ1v) is 5.84. The van der Waals surface area contributed by atoms with E-state index >= 15 is 0 Å². The molecule has 0 aromatic heterocycles. The van der Waals surface area contributed by atoms with Crippen molar-refractivity contribution in [1.29, 1.82) is 0 Å².